The molecule has 2 aliphatic carbocycles. The van der Waals surface area contributed by atoms with Gasteiger partial charge in [0.1, 0.15) is 58.5 Å². The zero-order valence-electron chi connectivity index (χ0n) is 43.9. The molecule has 0 spiro atoms. The number of carbonyl (C=O) groups excluding carboxylic acids is 5. The van der Waals surface area contributed by atoms with Crippen molar-refractivity contribution in [2.45, 2.75) is 217 Å². The SMILES string of the molecule is CN(C(=O)OC(C)(C)C)C1C(O)C(OC2C(NC(=O)C(O)CCNC(=O)OC(C)(C)C)CC(NC(=O)OC(C)(C)C)C(OC3O[C@@H]4C(CNCCO)CC4CC3NC(=O)OC(C)(C)C)C2O)OCC1(C)O. The van der Waals surface area contributed by atoms with Crippen molar-refractivity contribution in [3.05, 3.63) is 0 Å². The second-order valence-corrected chi connectivity index (χ2v) is 23.2. The summed E-state index contributed by atoms with van der Waals surface area (Å²) >= 11 is 0. The molecule has 2 saturated carbocycles. The van der Waals surface area contributed by atoms with Crippen molar-refractivity contribution in [2.24, 2.45) is 11.8 Å². The van der Waals surface area contributed by atoms with E-state index in [9.17, 15) is 49.5 Å². The first-order chi connectivity index (χ1) is 32.6. The number of likely N-dealkylation sites (N-methyl/N-ethyl adjacent to an activating group) is 1. The van der Waals surface area contributed by atoms with Crippen LogP contribution in [-0.4, -0.2) is 202 Å². The fourth-order valence-electron chi connectivity index (χ4n) is 9.07. The monoisotopic (exact) mass is 1020 g/mol. The largest absolute Gasteiger partial charge is 0.444 e. The number of ether oxygens (including phenoxy) is 8. The van der Waals surface area contributed by atoms with E-state index in [4.69, 9.17) is 37.9 Å². The normalized spacial score (nSPS) is 32.7. The summed E-state index contributed by atoms with van der Waals surface area (Å²) in [6.45, 7) is 21.5. The number of rotatable bonds is 16. The first-order valence-corrected chi connectivity index (χ1v) is 24.5. The molecule has 71 heavy (non-hydrogen) atoms. The number of carbonyl (C=O) groups is 5. The topological polar surface area (TPSA) is 324 Å². The highest BCUT2D eigenvalue weighted by Gasteiger charge is 2.56. The summed E-state index contributed by atoms with van der Waals surface area (Å²) in [4.78, 5) is 67.4. The second-order valence-electron chi connectivity index (χ2n) is 23.2. The molecular formula is C47H84N6O18. The molecule has 0 aromatic rings. The number of alkyl carbamates (subject to hydrolysis) is 3. The molecule has 0 bridgehead atoms. The Morgan fingerprint density at radius 3 is 1.77 bits per heavy atom. The van der Waals surface area contributed by atoms with Gasteiger partial charge >= 0.3 is 24.4 Å². The van der Waals surface area contributed by atoms with Gasteiger partial charge in [0.15, 0.2) is 12.6 Å². The van der Waals surface area contributed by atoms with Crippen molar-refractivity contribution >= 4 is 30.3 Å². The molecule has 4 aliphatic rings. The molecule has 2 saturated heterocycles. The molecule has 24 heteroatoms. The van der Waals surface area contributed by atoms with Crippen molar-refractivity contribution in [1.29, 1.82) is 0 Å². The van der Waals surface area contributed by atoms with Crippen LogP contribution in [0, 0.1) is 11.8 Å². The molecular weight excluding hydrogens is 937 g/mol. The number of aliphatic hydroxyl groups is 5. The second kappa shape index (κ2) is 24.0. The highest BCUT2D eigenvalue weighted by molar-refractivity contribution is 5.81. The average molecular weight is 1020 g/mol. The van der Waals surface area contributed by atoms with Gasteiger partial charge in [-0.1, -0.05) is 0 Å². The maximum atomic E-state index is 13.8. The molecule has 2 aliphatic heterocycles. The zero-order chi connectivity index (χ0) is 53.6. The van der Waals surface area contributed by atoms with Crippen LogP contribution in [0.3, 0.4) is 0 Å². The molecule has 10 N–H and O–H groups in total. The van der Waals surface area contributed by atoms with Crippen LogP contribution in [0.1, 0.15) is 116 Å². The third kappa shape index (κ3) is 17.9. The minimum atomic E-state index is -1.87. The number of nitrogens with zero attached hydrogens (tertiary/aromatic N) is 1. The summed E-state index contributed by atoms with van der Waals surface area (Å²) in [6, 6.07) is -4.83. The summed E-state index contributed by atoms with van der Waals surface area (Å²) < 4.78 is 47.6. The van der Waals surface area contributed by atoms with Crippen LogP contribution >= 0.6 is 0 Å². The van der Waals surface area contributed by atoms with Crippen molar-refractivity contribution < 1.29 is 87.4 Å². The molecule has 5 amide bonds. The predicted molar refractivity (Wildman–Crippen MR) is 252 cm³/mol. The fraction of sp³-hybridized carbons (Fsp3) is 0.894. The third-order valence-corrected chi connectivity index (χ3v) is 12.0. The summed E-state index contributed by atoms with van der Waals surface area (Å²) in [6.07, 6.45) is -14.7. The molecule has 4 rings (SSSR count). The van der Waals surface area contributed by atoms with Gasteiger partial charge in [-0.25, -0.2) is 19.2 Å². The lowest BCUT2D eigenvalue weighted by molar-refractivity contribution is -0.321. The summed E-state index contributed by atoms with van der Waals surface area (Å²) in [5.74, 6) is -0.998. The molecule has 410 valence electrons. The van der Waals surface area contributed by atoms with Gasteiger partial charge in [-0.15, -0.1) is 0 Å². The molecule has 2 heterocycles. The maximum Gasteiger partial charge on any atom is 0.410 e. The van der Waals surface area contributed by atoms with Crippen LogP contribution in [0.25, 0.3) is 0 Å². The van der Waals surface area contributed by atoms with E-state index in [1.54, 1.807) is 83.1 Å². The van der Waals surface area contributed by atoms with E-state index in [1.807, 2.05) is 0 Å². The van der Waals surface area contributed by atoms with E-state index in [0.29, 0.717) is 19.5 Å². The molecule has 4 fully saturated rings. The summed E-state index contributed by atoms with van der Waals surface area (Å²) in [7, 11) is 1.32. The minimum absolute atomic E-state index is 0.0116. The van der Waals surface area contributed by atoms with E-state index >= 15 is 0 Å². The van der Waals surface area contributed by atoms with Crippen molar-refractivity contribution in [3.63, 3.8) is 0 Å². The lowest BCUT2D eigenvalue weighted by Crippen LogP contribution is -2.71. The van der Waals surface area contributed by atoms with E-state index in [1.165, 1.54) is 14.0 Å². The van der Waals surface area contributed by atoms with Crippen molar-refractivity contribution in [3.8, 4) is 0 Å². The van der Waals surface area contributed by atoms with E-state index < -0.39 is 132 Å². The van der Waals surface area contributed by atoms with Crippen molar-refractivity contribution in [2.75, 3.05) is 39.9 Å². The Hall–Kier alpha value is -3.85. The van der Waals surface area contributed by atoms with Crippen molar-refractivity contribution in [1.82, 2.24) is 31.5 Å². The van der Waals surface area contributed by atoms with Crippen LogP contribution in [-0.2, 0) is 42.7 Å². The molecule has 0 radical (unpaired) electrons. The molecule has 0 aromatic heterocycles. The Morgan fingerprint density at radius 1 is 0.704 bits per heavy atom. The van der Waals surface area contributed by atoms with Gasteiger partial charge < -0.3 is 94.9 Å². The Balaban J connectivity index is 1.74. The molecule has 14 unspecified atom stereocenters. The number of hydrogen-bond acceptors (Lipinski definition) is 19. The summed E-state index contributed by atoms with van der Waals surface area (Å²) in [5.41, 5.74) is -5.48. The van der Waals surface area contributed by atoms with Crippen LogP contribution in [0.2, 0.25) is 0 Å². The Kier molecular flexibility index (Phi) is 20.2. The molecule has 0 aromatic carbocycles. The number of amides is 5. The Bertz CT molecular complexity index is 1800. The van der Waals surface area contributed by atoms with Crippen LogP contribution in [0.15, 0.2) is 0 Å². The fourth-order valence-corrected chi connectivity index (χ4v) is 9.07. The molecule has 15 atom stereocenters. The first-order valence-electron chi connectivity index (χ1n) is 24.5. The average Bonchev–Trinajstić information content (AvgIpc) is 3.18. The maximum absolute atomic E-state index is 13.8. The van der Waals surface area contributed by atoms with E-state index in [-0.39, 0.29) is 43.9 Å². The predicted octanol–water partition coefficient (Wildman–Crippen LogP) is 1.11. The summed E-state index contributed by atoms with van der Waals surface area (Å²) in [5, 5.41) is 70.5. The van der Waals surface area contributed by atoms with E-state index in [2.05, 4.69) is 26.6 Å². The third-order valence-electron chi connectivity index (χ3n) is 12.0. The molecule has 24 nitrogen and oxygen atoms in total. The first kappa shape index (κ1) is 59.7. The van der Waals surface area contributed by atoms with Gasteiger partial charge in [-0.05, 0) is 128 Å². The van der Waals surface area contributed by atoms with Crippen LogP contribution in [0.5, 0.6) is 0 Å². The zero-order valence-corrected chi connectivity index (χ0v) is 43.9. The van der Waals surface area contributed by atoms with Gasteiger partial charge in [-0.3, -0.25) is 4.79 Å². The van der Waals surface area contributed by atoms with Gasteiger partial charge in [0.05, 0.1) is 43.5 Å². The number of aliphatic hydroxyl groups excluding tert-OH is 4. The quantitative estimate of drug-likeness (QED) is 0.0765. The Labute approximate surface area is 417 Å². The lowest BCUT2D eigenvalue weighted by atomic mass is 9.67. The minimum Gasteiger partial charge on any atom is -0.444 e. The van der Waals surface area contributed by atoms with Gasteiger partial charge in [0, 0.05) is 26.7 Å². The number of nitrogens with one attached hydrogen (secondary N) is 5. The highest BCUT2D eigenvalue weighted by Crippen LogP contribution is 2.45. The highest BCUT2D eigenvalue weighted by atomic mass is 16.7. The lowest BCUT2D eigenvalue weighted by Gasteiger charge is -2.54. The van der Waals surface area contributed by atoms with Gasteiger partial charge in [-0.2, -0.15) is 0 Å². The Morgan fingerprint density at radius 2 is 1.23 bits per heavy atom. The number of hydrogen-bond donors (Lipinski definition) is 10. The van der Waals surface area contributed by atoms with Gasteiger partial charge in [0.2, 0.25) is 5.91 Å². The van der Waals surface area contributed by atoms with Crippen LogP contribution < -0.4 is 26.6 Å². The van der Waals surface area contributed by atoms with E-state index in [0.717, 1.165) is 11.3 Å². The van der Waals surface area contributed by atoms with Crippen LogP contribution in [0.4, 0.5) is 19.2 Å². The standard InChI is InChI=1S/C47H84N6O18/c1-43(2,3)68-39(59)49-16-15-29(55)36(58)50-26-21-27(51-40(60)69-44(4,5)6)34(30(56)33(26)67-38-31(57)35(47(13,63)23-64-38)53(14)42(62)71-46(10,11)12)66-37-28(52-41(61)70-45(7,8)9)20-24-19-25(32(24)65-37)22-48-17-18-54/h24-35,37-38,48,54-57,63H,15-23H2,1-14H3,(H,49,59)(H,50,58)(H,51,60)(H,52,61)/t24?,25?,26?,27?,28?,29?,30?,31?,32-,33?,34?,35?,37?,38?,47?/m0/s1. The number of fused-ring (bicyclic) bond motifs is 1. The smallest absolute Gasteiger partial charge is 0.410 e. The van der Waals surface area contributed by atoms with Gasteiger partial charge in [0.25, 0.3) is 0 Å².